The molecule has 0 atom stereocenters. The summed E-state index contributed by atoms with van der Waals surface area (Å²) in [6.07, 6.45) is 1.78. The maximum atomic E-state index is 11.5. The lowest BCUT2D eigenvalue weighted by Gasteiger charge is -1.98. The average Bonchev–Trinajstić information content (AvgIpc) is 2.77. The summed E-state index contributed by atoms with van der Waals surface area (Å²) >= 11 is 3.33. The molecule has 0 radical (unpaired) electrons. The molecule has 0 fully saturated rings. The Bertz CT molecular complexity index is 551. The third-order valence-electron chi connectivity index (χ3n) is 2.34. The Morgan fingerprint density at radius 2 is 2.21 bits per heavy atom. The number of halogens is 1. The van der Waals surface area contributed by atoms with Gasteiger partial charge in [-0.3, -0.25) is 9.59 Å². The number of benzene rings is 1. The number of rotatable bonds is 4. The molecule has 2 amide bonds. The lowest BCUT2D eigenvalue weighted by Crippen LogP contribution is -2.20. The first-order chi connectivity index (χ1) is 9.13. The van der Waals surface area contributed by atoms with Gasteiger partial charge in [-0.05, 0) is 17.7 Å². The van der Waals surface area contributed by atoms with Crippen molar-refractivity contribution in [3.63, 3.8) is 0 Å². The molecular weight excluding hydrogens is 312 g/mol. The Hall–Kier alpha value is -2.02. The van der Waals surface area contributed by atoms with E-state index in [9.17, 15) is 9.59 Å². The molecule has 2 rings (SSSR count). The first kappa shape index (κ1) is 13.4. The number of nitrogens with zero attached hydrogens (tertiary/aromatic N) is 2. The van der Waals surface area contributed by atoms with Crippen molar-refractivity contribution in [2.75, 3.05) is 0 Å². The molecule has 0 bridgehead atoms. The number of nitrogens with one attached hydrogen (secondary N) is 2. The van der Waals surface area contributed by atoms with Gasteiger partial charge < -0.3 is 0 Å². The van der Waals surface area contributed by atoms with E-state index >= 15 is 0 Å². The van der Waals surface area contributed by atoms with E-state index in [2.05, 4.69) is 37.0 Å². The lowest BCUT2D eigenvalue weighted by atomic mass is 10.2. The Balaban J connectivity index is 1.80. The number of hydrogen-bond acceptors (Lipinski definition) is 4. The Labute approximate surface area is 118 Å². The molecule has 0 saturated heterocycles. The monoisotopic (exact) mass is 322 g/mol. The van der Waals surface area contributed by atoms with Crippen molar-refractivity contribution in [3.05, 3.63) is 34.3 Å². The number of hydrazone groups is 2. The number of amides is 2. The van der Waals surface area contributed by atoms with Crippen molar-refractivity contribution < 1.29 is 9.59 Å². The Morgan fingerprint density at radius 1 is 1.47 bits per heavy atom. The lowest BCUT2D eigenvalue weighted by molar-refractivity contribution is -0.119. The molecule has 98 valence electrons. The second kappa shape index (κ2) is 6.24. The second-order valence-corrected chi connectivity index (χ2v) is 4.83. The topological polar surface area (TPSA) is 82.9 Å². The SMILES string of the molecule is O=C1CC(CC(=O)N/N=C/c2ccc(Br)cc2)=NN1. The van der Waals surface area contributed by atoms with Gasteiger partial charge in [0.15, 0.2) is 0 Å². The highest BCUT2D eigenvalue weighted by Crippen LogP contribution is 2.08. The first-order valence-electron chi connectivity index (χ1n) is 5.55. The van der Waals surface area contributed by atoms with Crippen molar-refractivity contribution in [2.24, 2.45) is 10.2 Å². The van der Waals surface area contributed by atoms with Crippen molar-refractivity contribution in [2.45, 2.75) is 12.8 Å². The first-order valence-corrected chi connectivity index (χ1v) is 6.34. The summed E-state index contributed by atoms with van der Waals surface area (Å²) in [7, 11) is 0. The molecule has 2 N–H and O–H groups in total. The summed E-state index contributed by atoms with van der Waals surface area (Å²) in [4.78, 5) is 22.4. The van der Waals surface area contributed by atoms with Crippen LogP contribution in [0.4, 0.5) is 0 Å². The molecule has 7 heteroatoms. The molecule has 0 aliphatic carbocycles. The maximum Gasteiger partial charge on any atom is 0.245 e. The summed E-state index contributed by atoms with van der Waals surface area (Å²) in [6, 6.07) is 7.49. The molecule has 1 heterocycles. The number of hydrogen-bond donors (Lipinski definition) is 2. The Morgan fingerprint density at radius 3 is 2.84 bits per heavy atom. The predicted molar refractivity (Wildman–Crippen MR) is 74.7 cm³/mol. The predicted octanol–water partition coefficient (Wildman–Crippen LogP) is 1.17. The summed E-state index contributed by atoms with van der Waals surface area (Å²) in [5.74, 6) is -0.496. The van der Waals surface area contributed by atoms with Gasteiger partial charge in [0.25, 0.3) is 0 Å². The number of carbonyl (C=O) groups is 2. The smallest absolute Gasteiger partial charge is 0.245 e. The molecule has 0 spiro atoms. The molecule has 1 aliphatic heterocycles. The maximum absolute atomic E-state index is 11.5. The van der Waals surface area contributed by atoms with Gasteiger partial charge in [-0.15, -0.1) is 0 Å². The summed E-state index contributed by atoms with van der Waals surface area (Å²) < 4.78 is 0.977. The summed E-state index contributed by atoms with van der Waals surface area (Å²) in [6.45, 7) is 0. The Kier molecular flexibility index (Phi) is 4.40. The van der Waals surface area contributed by atoms with Gasteiger partial charge in [-0.1, -0.05) is 28.1 Å². The van der Waals surface area contributed by atoms with Crippen LogP contribution in [0.15, 0.2) is 38.9 Å². The third-order valence-corrected chi connectivity index (χ3v) is 2.87. The molecular formula is C12H11BrN4O2. The van der Waals surface area contributed by atoms with Gasteiger partial charge >= 0.3 is 0 Å². The molecule has 1 aromatic carbocycles. The van der Waals surface area contributed by atoms with E-state index in [4.69, 9.17) is 0 Å². The highest BCUT2D eigenvalue weighted by Gasteiger charge is 2.16. The zero-order valence-corrected chi connectivity index (χ0v) is 11.5. The molecule has 1 aromatic rings. The average molecular weight is 323 g/mol. The van der Waals surface area contributed by atoms with Crippen LogP contribution in [-0.4, -0.2) is 23.7 Å². The minimum atomic E-state index is -0.302. The van der Waals surface area contributed by atoms with Gasteiger partial charge in [0.1, 0.15) is 0 Å². The van der Waals surface area contributed by atoms with Crippen molar-refractivity contribution in [3.8, 4) is 0 Å². The molecule has 6 nitrogen and oxygen atoms in total. The van der Waals surface area contributed by atoms with Crippen LogP contribution in [0.25, 0.3) is 0 Å². The second-order valence-electron chi connectivity index (χ2n) is 3.91. The van der Waals surface area contributed by atoms with Gasteiger partial charge in [-0.25, -0.2) is 10.9 Å². The third kappa shape index (κ3) is 4.29. The minimum Gasteiger partial charge on any atom is -0.273 e. The largest absolute Gasteiger partial charge is 0.273 e. The van der Waals surface area contributed by atoms with E-state index in [1.54, 1.807) is 6.21 Å². The summed E-state index contributed by atoms with van der Waals surface area (Å²) in [5.41, 5.74) is 6.06. The molecule has 1 aliphatic rings. The molecule has 0 unspecified atom stereocenters. The van der Waals surface area contributed by atoms with E-state index in [1.165, 1.54) is 0 Å². The van der Waals surface area contributed by atoms with E-state index in [0.717, 1.165) is 10.0 Å². The fraction of sp³-hybridized carbons (Fsp3) is 0.167. The van der Waals surface area contributed by atoms with Gasteiger partial charge in [0.05, 0.1) is 24.8 Å². The van der Waals surface area contributed by atoms with Crippen LogP contribution in [0.3, 0.4) is 0 Å². The summed E-state index contributed by atoms with van der Waals surface area (Å²) in [5, 5.41) is 7.56. The van der Waals surface area contributed by atoms with Gasteiger partial charge in [0, 0.05) is 4.47 Å². The van der Waals surface area contributed by atoms with Crippen LogP contribution in [0.2, 0.25) is 0 Å². The minimum absolute atomic E-state index is 0.0659. The van der Waals surface area contributed by atoms with Crippen LogP contribution in [0, 0.1) is 0 Å². The van der Waals surface area contributed by atoms with Gasteiger partial charge in [0.2, 0.25) is 11.8 Å². The highest BCUT2D eigenvalue weighted by atomic mass is 79.9. The number of carbonyl (C=O) groups excluding carboxylic acids is 2. The van der Waals surface area contributed by atoms with Crippen molar-refractivity contribution >= 4 is 39.7 Å². The fourth-order valence-electron chi connectivity index (χ4n) is 1.46. The zero-order chi connectivity index (χ0) is 13.7. The van der Waals surface area contributed by atoms with Crippen molar-refractivity contribution in [1.29, 1.82) is 0 Å². The fourth-order valence-corrected chi connectivity index (χ4v) is 1.72. The van der Waals surface area contributed by atoms with Crippen LogP contribution in [0.1, 0.15) is 18.4 Å². The standard InChI is InChI=1S/C12H11BrN4O2/c13-9-3-1-8(2-4-9)7-14-16-11(18)5-10-6-12(19)17-15-10/h1-4,7H,5-6H2,(H,16,18)(H,17,19)/b14-7+. The van der Waals surface area contributed by atoms with E-state index in [-0.39, 0.29) is 24.7 Å². The quantitative estimate of drug-likeness (QED) is 0.644. The molecule has 0 saturated carbocycles. The normalized spacial score (nSPS) is 14.4. The van der Waals surface area contributed by atoms with Crippen molar-refractivity contribution in [1.82, 2.24) is 10.9 Å². The van der Waals surface area contributed by atoms with Crippen LogP contribution in [-0.2, 0) is 9.59 Å². The van der Waals surface area contributed by atoms with Gasteiger partial charge in [-0.2, -0.15) is 10.2 Å². The van der Waals surface area contributed by atoms with Crippen LogP contribution >= 0.6 is 15.9 Å². The molecule has 0 aromatic heterocycles. The molecule has 19 heavy (non-hydrogen) atoms. The van der Waals surface area contributed by atoms with E-state index < -0.39 is 0 Å². The highest BCUT2D eigenvalue weighted by molar-refractivity contribution is 9.10. The van der Waals surface area contributed by atoms with Crippen LogP contribution in [0.5, 0.6) is 0 Å². The van der Waals surface area contributed by atoms with Crippen LogP contribution < -0.4 is 10.9 Å². The van der Waals surface area contributed by atoms with E-state index in [0.29, 0.717) is 5.71 Å². The zero-order valence-electron chi connectivity index (χ0n) is 9.89. The van der Waals surface area contributed by atoms with E-state index in [1.807, 2.05) is 24.3 Å².